The van der Waals surface area contributed by atoms with Crippen LogP contribution in [0.25, 0.3) is 0 Å². The Hall–Kier alpha value is -0.380. The molecule has 0 aliphatic carbocycles. The van der Waals surface area contributed by atoms with Crippen LogP contribution in [0.1, 0.15) is 49.4 Å². The number of hydrogen-bond acceptors (Lipinski definition) is 3. The van der Waals surface area contributed by atoms with Crippen LogP contribution in [0.15, 0.2) is 12.1 Å². The van der Waals surface area contributed by atoms with Gasteiger partial charge in [0.2, 0.25) is 0 Å². The van der Waals surface area contributed by atoms with Crippen LogP contribution >= 0.6 is 11.3 Å². The zero-order chi connectivity index (χ0) is 12.4. The molecule has 0 saturated carbocycles. The van der Waals surface area contributed by atoms with Crippen molar-refractivity contribution in [3.63, 3.8) is 0 Å². The molecule has 0 aromatic carbocycles. The molecule has 1 fully saturated rings. The van der Waals surface area contributed by atoms with Gasteiger partial charge in [0.1, 0.15) is 0 Å². The smallest absolute Gasteiger partial charge is 0.0565 e. The summed E-state index contributed by atoms with van der Waals surface area (Å²) in [6.07, 6.45) is 3.01. The van der Waals surface area contributed by atoms with Crippen molar-refractivity contribution in [3.8, 4) is 0 Å². The van der Waals surface area contributed by atoms with Gasteiger partial charge in [-0.25, -0.2) is 0 Å². The highest BCUT2D eigenvalue weighted by Crippen LogP contribution is 2.26. The summed E-state index contributed by atoms with van der Waals surface area (Å²) in [6, 6.07) is 5.49. The summed E-state index contributed by atoms with van der Waals surface area (Å²) in [5, 5.41) is 3.74. The number of nitrogens with one attached hydrogen (secondary N) is 1. The molecule has 3 unspecified atom stereocenters. The maximum Gasteiger partial charge on any atom is 0.0565 e. The van der Waals surface area contributed by atoms with Gasteiger partial charge in [0.05, 0.1) is 12.2 Å². The Labute approximate surface area is 108 Å². The van der Waals surface area contributed by atoms with Crippen LogP contribution in [0, 0.1) is 6.92 Å². The molecule has 3 atom stereocenters. The third-order valence-corrected chi connectivity index (χ3v) is 4.55. The van der Waals surface area contributed by atoms with Crippen molar-refractivity contribution < 1.29 is 4.74 Å². The Kier molecular flexibility index (Phi) is 4.23. The van der Waals surface area contributed by atoms with Crippen LogP contribution in [0.4, 0.5) is 0 Å². The normalized spacial score (nSPS) is 31.4. The summed E-state index contributed by atoms with van der Waals surface area (Å²) in [7, 11) is 0. The number of hydrogen-bond donors (Lipinski definition) is 1. The second kappa shape index (κ2) is 5.51. The van der Waals surface area contributed by atoms with E-state index in [0.29, 0.717) is 24.3 Å². The van der Waals surface area contributed by atoms with E-state index in [0.717, 1.165) is 12.8 Å². The summed E-state index contributed by atoms with van der Waals surface area (Å²) in [4.78, 5) is 2.83. The summed E-state index contributed by atoms with van der Waals surface area (Å²) >= 11 is 1.89. The lowest BCUT2D eigenvalue weighted by atomic mass is 9.99. The van der Waals surface area contributed by atoms with Gasteiger partial charge in [-0.3, -0.25) is 0 Å². The maximum atomic E-state index is 5.77. The lowest BCUT2D eigenvalue weighted by molar-refractivity contribution is -0.0433. The molecule has 96 valence electrons. The van der Waals surface area contributed by atoms with E-state index in [2.05, 4.69) is 45.1 Å². The average molecular weight is 253 g/mol. The molecule has 2 nitrogen and oxygen atoms in total. The van der Waals surface area contributed by atoms with Gasteiger partial charge in [-0.05, 0) is 52.7 Å². The quantitative estimate of drug-likeness (QED) is 0.887. The predicted molar refractivity (Wildman–Crippen MR) is 73.6 cm³/mol. The molecule has 1 aromatic rings. The van der Waals surface area contributed by atoms with E-state index < -0.39 is 0 Å². The van der Waals surface area contributed by atoms with Crippen molar-refractivity contribution in [2.45, 2.75) is 64.8 Å². The van der Waals surface area contributed by atoms with Gasteiger partial charge < -0.3 is 10.1 Å². The molecule has 0 bridgehead atoms. The van der Waals surface area contributed by atoms with Gasteiger partial charge in [0.25, 0.3) is 0 Å². The summed E-state index contributed by atoms with van der Waals surface area (Å²) in [6.45, 7) is 8.77. The fourth-order valence-corrected chi connectivity index (χ4v) is 3.55. The minimum atomic E-state index is 0.383. The molecule has 17 heavy (non-hydrogen) atoms. The van der Waals surface area contributed by atoms with Gasteiger partial charge in [-0.15, -0.1) is 11.3 Å². The molecular weight excluding hydrogens is 230 g/mol. The zero-order valence-corrected chi connectivity index (χ0v) is 12.0. The van der Waals surface area contributed by atoms with Gasteiger partial charge >= 0.3 is 0 Å². The van der Waals surface area contributed by atoms with E-state index in [-0.39, 0.29) is 0 Å². The van der Waals surface area contributed by atoms with Crippen molar-refractivity contribution >= 4 is 11.3 Å². The average Bonchev–Trinajstić information content (AvgIpc) is 2.63. The van der Waals surface area contributed by atoms with Crippen LogP contribution < -0.4 is 5.32 Å². The van der Waals surface area contributed by atoms with Gasteiger partial charge in [0.15, 0.2) is 0 Å². The van der Waals surface area contributed by atoms with E-state index in [9.17, 15) is 0 Å². The van der Waals surface area contributed by atoms with Crippen molar-refractivity contribution in [1.29, 1.82) is 0 Å². The Balaban J connectivity index is 1.92. The van der Waals surface area contributed by atoms with Crippen LogP contribution in [-0.4, -0.2) is 18.2 Å². The fraction of sp³-hybridized carbons (Fsp3) is 0.714. The van der Waals surface area contributed by atoms with E-state index in [1.807, 2.05) is 11.3 Å². The molecule has 2 heterocycles. The molecule has 3 heteroatoms. The SMILES string of the molecule is Cc1ccc(C(C)NC2CC(C)OC(C)C2)s1. The van der Waals surface area contributed by atoms with Gasteiger partial charge in [0, 0.05) is 21.8 Å². The fourth-order valence-electron chi connectivity index (χ4n) is 2.66. The number of ether oxygens (including phenoxy) is 1. The first-order chi connectivity index (χ1) is 8.04. The van der Waals surface area contributed by atoms with Gasteiger partial charge in [-0.1, -0.05) is 0 Å². The molecule has 1 N–H and O–H groups in total. The molecule has 1 saturated heterocycles. The molecule has 0 spiro atoms. The van der Waals surface area contributed by atoms with Gasteiger partial charge in [-0.2, -0.15) is 0 Å². The highest BCUT2D eigenvalue weighted by atomic mass is 32.1. The van der Waals surface area contributed by atoms with E-state index in [4.69, 9.17) is 4.74 Å². The lowest BCUT2D eigenvalue weighted by Crippen LogP contribution is -2.42. The van der Waals surface area contributed by atoms with E-state index in [1.165, 1.54) is 9.75 Å². The third-order valence-electron chi connectivity index (χ3n) is 3.37. The Morgan fingerprint density at radius 1 is 1.29 bits per heavy atom. The standard InChI is InChI=1S/C14H23NOS/c1-9-7-13(8-10(2)16-9)15-12(4)14-6-5-11(3)17-14/h5-6,9-10,12-13,15H,7-8H2,1-4H3. The topological polar surface area (TPSA) is 21.3 Å². The number of aryl methyl sites for hydroxylation is 1. The molecule has 0 radical (unpaired) electrons. The molecule has 2 rings (SSSR count). The molecule has 0 amide bonds. The van der Waals surface area contributed by atoms with Crippen LogP contribution in [0.2, 0.25) is 0 Å². The first-order valence-electron chi connectivity index (χ1n) is 6.52. The second-order valence-corrected chi connectivity index (χ2v) is 6.58. The Morgan fingerprint density at radius 3 is 2.47 bits per heavy atom. The molecule has 1 aliphatic heterocycles. The van der Waals surface area contributed by atoms with Crippen molar-refractivity contribution in [3.05, 3.63) is 21.9 Å². The second-order valence-electron chi connectivity index (χ2n) is 5.26. The summed E-state index contributed by atoms with van der Waals surface area (Å²) in [5.41, 5.74) is 0. The first kappa shape index (κ1) is 13.1. The minimum Gasteiger partial charge on any atom is -0.375 e. The molecule has 1 aliphatic rings. The Bertz CT molecular complexity index is 353. The monoisotopic (exact) mass is 253 g/mol. The predicted octanol–water partition coefficient (Wildman–Crippen LogP) is 3.66. The van der Waals surface area contributed by atoms with Crippen molar-refractivity contribution in [1.82, 2.24) is 5.32 Å². The minimum absolute atomic E-state index is 0.383. The summed E-state index contributed by atoms with van der Waals surface area (Å²) < 4.78 is 5.77. The Morgan fingerprint density at radius 2 is 1.94 bits per heavy atom. The van der Waals surface area contributed by atoms with Crippen molar-refractivity contribution in [2.24, 2.45) is 0 Å². The highest BCUT2D eigenvalue weighted by molar-refractivity contribution is 7.12. The van der Waals surface area contributed by atoms with E-state index >= 15 is 0 Å². The lowest BCUT2D eigenvalue weighted by Gasteiger charge is -2.34. The summed E-state index contributed by atoms with van der Waals surface area (Å²) in [5.74, 6) is 0. The van der Waals surface area contributed by atoms with Crippen molar-refractivity contribution in [2.75, 3.05) is 0 Å². The molecular formula is C14H23NOS. The van der Waals surface area contributed by atoms with Crippen LogP contribution in [0.3, 0.4) is 0 Å². The third kappa shape index (κ3) is 3.54. The van der Waals surface area contributed by atoms with E-state index in [1.54, 1.807) is 0 Å². The number of rotatable bonds is 3. The highest BCUT2D eigenvalue weighted by Gasteiger charge is 2.25. The first-order valence-corrected chi connectivity index (χ1v) is 7.34. The largest absolute Gasteiger partial charge is 0.375 e. The van der Waals surface area contributed by atoms with Crippen LogP contribution in [0.5, 0.6) is 0 Å². The maximum absolute atomic E-state index is 5.77. The molecule has 1 aromatic heterocycles. The van der Waals surface area contributed by atoms with Crippen LogP contribution in [-0.2, 0) is 4.74 Å². The zero-order valence-electron chi connectivity index (χ0n) is 11.2. The number of thiophene rings is 1.